The first-order valence-corrected chi connectivity index (χ1v) is 23.5. The van der Waals surface area contributed by atoms with E-state index in [0.29, 0.717) is 0 Å². The van der Waals surface area contributed by atoms with Crippen LogP contribution in [0, 0.1) is 0 Å². The van der Waals surface area contributed by atoms with Crippen LogP contribution >= 0.6 is 0 Å². The molecule has 0 unspecified atom stereocenters. The first kappa shape index (κ1) is 46.2. The third-order valence-corrected chi connectivity index (χ3v) is 15.1. The SMILES string of the molecule is CCCCCCc1ccc(-c2cccc3[cH-]c(CCC)c([Si](C)(C)c4c(CCC)[cH-]c5cccc(-c6ccc(CCCCCC)cc6)c45)c23)cc1.[Cl-].[Cl-].[Zr+4]. The van der Waals surface area contributed by atoms with Crippen molar-refractivity contribution < 1.29 is 51.0 Å². The minimum atomic E-state index is -2.25. The largest absolute Gasteiger partial charge is 4.00 e. The molecular formula is C50H62Cl2SiZr. The van der Waals surface area contributed by atoms with Gasteiger partial charge in [0.15, 0.2) is 0 Å². The van der Waals surface area contributed by atoms with Gasteiger partial charge in [-0.15, -0.1) is 69.1 Å². The average Bonchev–Trinajstić information content (AvgIpc) is 3.72. The molecule has 0 aliphatic carbocycles. The normalized spacial score (nSPS) is 11.4. The zero-order valence-corrected chi connectivity index (χ0v) is 38.9. The summed E-state index contributed by atoms with van der Waals surface area (Å²) in [5, 5.41) is 9.18. The van der Waals surface area contributed by atoms with E-state index in [-0.39, 0.29) is 51.0 Å². The quantitative estimate of drug-likeness (QED) is 0.0472. The van der Waals surface area contributed by atoms with Crippen LogP contribution in [0.25, 0.3) is 43.8 Å². The van der Waals surface area contributed by atoms with Crippen LogP contribution in [0.4, 0.5) is 0 Å². The van der Waals surface area contributed by atoms with Crippen LogP contribution in [0.15, 0.2) is 97.1 Å². The molecule has 0 atom stereocenters. The molecule has 0 aliphatic rings. The minimum absolute atomic E-state index is 0. The van der Waals surface area contributed by atoms with E-state index in [1.165, 1.54) is 119 Å². The second-order valence-electron chi connectivity index (χ2n) is 15.8. The number of hydrogen-bond acceptors (Lipinski definition) is 0. The summed E-state index contributed by atoms with van der Waals surface area (Å²) in [5.41, 5.74) is 11.6. The molecular weight excluding hydrogens is 791 g/mol. The first-order valence-electron chi connectivity index (χ1n) is 20.5. The van der Waals surface area contributed by atoms with Gasteiger partial charge in [-0.05, 0) is 60.8 Å². The molecule has 6 aromatic carbocycles. The van der Waals surface area contributed by atoms with Crippen molar-refractivity contribution in [2.45, 2.75) is 131 Å². The Morgan fingerprint density at radius 2 is 0.833 bits per heavy atom. The van der Waals surface area contributed by atoms with Gasteiger partial charge in [-0.2, -0.15) is 10.4 Å². The molecule has 0 saturated carbocycles. The van der Waals surface area contributed by atoms with E-state index in [0.717, 1.165) is 25.7 Å². The zero-order valence-electron chi connectivity index (χ0n) is 33.9. The van der Waals surface area contributed by atoms with Crippen molar-refractivity contribution in [3.8, 4) is 22.3 Å². The van der Waals surface area contributed by atoms with Crippen LogP contribution in [0.2, 0.25) is 13.1 Å². The van der Waals surface area contributed by atoms with Crippen LogP contribution < -0.4 is 35.2 Å². The Hall–Kier alpha value is -2.22. The van der Waals surface area contributed by atoms with Crippen molar-refractivity contribution in [3.63, 3.8) is 0 Å². The second kappa shape index (κ2) is 21.9. The third kappa shape index (κ3) is 10.2. The third-order valence-electron chi connectivity index (χ3n) is 11.5. The van der Waals surface area contributed by atoms with E-state index in [9.17, 15) is 0 Å². The molecule has 0 amide bonds. The van der Waals surface area contributed by atoms with E-state index in [2.05, 4.69) is 138 Å². The standard InChI is InChI=1S/C50H62Si.2ClH.Zr/c1-7-11-13-15-21-37-27-31-39(32-28-37)45-25-17-23-41-35-43(19-9-3)49(47(41)45)51(5,6)50-44(20-10-4)36-42-24-18-26-46(48(42)50)40-33-29-38(30-34-40)22-16-14-12-8-2;;;/h17-18,23-36H,7-16,19-22H2,1-6H3;2*1H;/q-2;;;+4/p-2. The molecule has 4 heteroatoms. The van der Waals surface area contributed by atoms with Gasteiger partial charge in [0.1, 0.15) is 0 Å². The van der Waals surface area contributed by atoms with E-state index < -0.39 is 8.07 Å². The predicted octanol–water partition coefficient (Wildman–Crippen LogP) is 7.74. The molecule has 0 aromatic heterocycles. The van der Waals surface area contributed by atoms with Crippen LogP contribution in [-0.2, 0) is 51.9 Å². The number of rotatable bonds is 18. The van der Waals surface area contributed by atoms with Gasteiger partial charge < -0.3 is 24.8 Å². The molecule has 6 aromatic rings. The summed E-state index contributed by atoms with van der Waals surface area (Å²) in [5.74, 6) is 0. The molecule has 0 N–H and O–H groups in total. The molecule has 0 aliphatic heterocycles. The Kier molecular flexibility index (Phi) is 18.7. The maximum Gasteiger partial charge on any atom is 4.00 e. The summed E-state index contributed by atoms with van der Waals surface area (Å²) in [6.45, 7) is 14.6. The fraction of sp³-hybridized carbons (Fsp3) is 0.400. The molecule has 6 rings (SSSR count). The van der Waals surface area contributed by atoms with Crippen LogP contribution in [0.5, 0.6) is 0 Å². The van der Waals surface area contributed by atoms with E-state index in [4.69, 9.17) is 0 Å². The molecule has 54 heavy (non-hydrogen) atoms. The summed E-state index contributed by atoms with van der Waals surface area (Å²) in [7, 11) is -2.25. The summed E-state index contributed by atoms with van der Waals surface area (Å²) < 4.78 is 0. The van der Waals surface area contributed by atoms with Gasteiger partial charge in [0.05, 0.1) is 0 Å². The monoisotopic (exact) mass is 850 g/mol. The first-order chi connectivity index (χ1) is 24.9. The molecule has 0 saturated heterocycles. The summed E-state index contributed by atoms with van der Waals surface area (Å²) in [6.07, 6.45) is 17.4. The number of hydrogen-bond donors (Lipinski definition) is 0. The molecule has 0 fully saturated rings. The molecule has 0 bridgehead atoms. The predicted molar refractivity (Wildman–Crippen MR) is 230 cm³/mol. The van der Waals surface area contributed by atoms with Crippen molar-refractivity contribution in [1.29, 1.82) is 0 Å². The van der Waals surface area contributed by atoms with E-state index >= 15 is 0 Å². The van der Waals surface area contributed by atoms with Gasteiger partial charge >= 0.3 is 26.2 Å². The second-order valence-corrected chi connectivity index (χ2v) is 20.0. The summed E-state index contributed by atoms with van der Waals surface area (Å²) >= 11 is 0. The topological polar surface area (TPSA) is 0 Å². The van der Waals surface area contributed by atoms with Gasteiger partial charge in [0.25, 0.3) is 0 Å². The molecule has 0 spiro atoms. The number of unbranched alkanes of at least 4 members (excludes halogenated alkanes) is 6. The summed E-state index contributed by atoms with van der Waals surface area (Å²) in [6, 6.07) is 38.4. The van der Waals surface area contributed by atoms with Crippen molar-refractivity contribution in [2.24, 2.45) is 0 Å². The Bertz CT molecular complexity index is 1870. The van der Waals surface area contributed by atoms with Gasteiger partial charge in [-0.1, -0.05) is 164 Å². The molecule has 0 nitrogen and oxygen atoms in total. The molecule has 0 radical (unpaired) electrons. The Morgan fingerprint density at radius 1 is 0.444 bits per heavy atom. The van der Waals surface area contributed by atoms with Crippen molar-refractivity contribution in [1.82, 2.24) is 0 Å². The van der Waals surface area contributed by atoms with Crippen LogP contribution in [0.3, 0.4) is 0 Å². The number of benzene rings is 4. The van der Waals surface area contributed by atoms with E-state index in [1.54, 1.807) is 21.5 Å². The number of fused-ring (bicyclic) bond motifs is 2. The molecule has 284 valence electrons. The fourth-order valence-electron chi connectivity index (χ4n) is 8.96. The van der Waals surface area contributed by atoms with Gasteiger partial charge in [0.2, 0.25) is 0 Å². The number of halogens is 2. The van der Waals surface area contributed by atoms with Crippen molar-refractivity contribution >= 4 is 40.0 Å². The minimum Gasteiger partial charge on any atom is -1.00 e. The Morgan fingerprint density at radius 3 is 1.19 bits per heavy atom. The fourth-order valence-corrected chi connectivity index (χ4v) is 13.0. The number of aryl methyl sites for hydroxylation is 4. The zero-order chi connectivity index (χ0) is 35.8. The summed E-state index contributed by atoms with van der Waals surface area (Å²) in [4.78, 5) is 0. The van der Waals surface area contributed by atoms with Crippen molar-refractivity contribution in [2.75, 3.05) is 0 Å². The molecule has 0 heterocycles. The Labute approximate surface area is 360 Å². The van der Waals surface area contributed by atoms with Crippen LogP contribution in [-0.4, -0.2) is 8.07 Å². The average molecular weight is 853 g/mol. The van der Waals surface area contributed by atoms with Crippen molar-refractivity contribution in [3.05, 3.63) is 119 Å². The van der Waals surface area contributed by atoms with Crippen LogP contribution in [0.1, 0.15) is 114 Å². The van der Waals surface area contributed by atoms with Gasteiger partial charge in [-0.25, -0.2) is 0 Å². The van der Waals surface area contributed by atoms with Gasteiger partial charge in [-0.3, -0.25) is 0 Å². The smallest absolute Gasteiger partial charge is 1.00 e. The van der Waals surface area contributed by atoms with Gasteiger partial charge in [0, 0.05) is 8.07 Å². The maximum atomic E-state index is 2.67. The maximum absolute atomic E-state index is 2.67. The Balaban J connectivity index is 0.00000261. The van der Waals surface area contributed by atoms with E-state index in [1.807, 2.05) is 0 Å².